The van der Waals surface area contributed by atoms with E-state index in [2.05, 4.69) is 63.6 Å². The zero-order valence-electron chi connectivity index (χ0n) is 12.9. The largest absolute Gasteiger partial charge is 0.381 e. The topological polar surface area (TPSA) is 12.0 Å². The molecule has 1 N–H and O–H groups in total. The van der Waals surface area contributed by atoms with Crippen molar-refractivity contribution in [1.82, 2.24) is 5.32 Å². The minimum Gasteiger partial charge on any atom is -0.381 e. The lowest BCUT2D eigenvalue weighted by Gasteiger charge is -2.43. The van der Waals surface area contributed by atoms with Crippen LogP contribution in [-0.2, 0) is 0 Å². The Morgan fingerprint density at radius 1 is 1.25 bits per heavy atom. The van der Waals surface area contributed by atoms with Crippen molar-refractivity contribution in [3.05, 3.63) is 65.9 Å². The third-order valence-electron chi connectivity index (χ3n) is 4.59. The standard InChI is InChI=1S/C19H25N/c1-6-17(18-9-8-15(4)16(5)12-18)13-20-19(14(2)3)10-7-11-19/h6,8-9,12-13,20H,1-2,7,10-11H2,3-5H3/b17-13+. The Kier molecular flexibility index (Phi) is 4.17. The van der Waals surface area contributed by atoms with Crippen LogP contribution in [0.1, 0.15) is 42.9 Å². The second-order valence-electron chi connectivity index (χ2n) is 5.96. The normalized spacial score (nSPS) is 17.2. The predicted octanol–water partition coefficient (Wildman–Crippen LogP) is 4.92. The van der Waals surface area contributed by atoms with Gasteiger partial charge in [0.1, 0.15) is 0 Å². The van der Waals surface area contributed by atoms with Crippen molar-refractivity contribution in [3.8, 4) is 0 Å². The average Bonchev–Trinajstić information content (AvgIpc) is 2.36. The van der Waals surface area contributed by atoms with Crippen LogP contribution >= 0.6 is 0 Å². The fourth-order valence-electron chi connectivity index (χ4n) is 2.62. The molecular weight excluding hydrogens is 242 g/mol. The minimum absolute atomic E-state index is 0.105. The van der Waals surface area contributed by atoms with E-state index in [1.54, 1.807) is 0 Å². The summed E-state index contributed by atoms with van der Waals surface area (Å²) >= 11 is 0. The van der Waals surface area contributed by atoms with Crippen LogP contribution in [0.15, 0.2) is 49.2 Å². The summed E-state index contributed by atoms with van der Waals surface area (Å²) in [6.45, 7) is 14.5. The maximum absolute atomic E-state index is 4.13. The highest BCUT2D eigenvalue weighted by molar-refractivity contribution is 5.74. The van der Waals surface area contributed by atoms with Crippen LogP contribution in [0, 0.1) is 13.8 Å². The summed E-state index contributed by atoms with van der Waals surface area (Å²) in [5.41, 5.74) is 6.32. The summed E-state index contributed by atoms with van der Waals surface area (Å²) < 4.78 is 0. The molecule has 2 rings (SSSR count). The molecule has 0 saturated heterocycles. The third-order valence-corrected chi connectivity index (χ3v) is 4.59. The van der Waals surface area contributed by atoms with Crippen LogP contribution in [-0.4, -0.2) is 5.54 Å². The highest BCUT2D eigenvalue weighted by atomic mass is 15.0. The molecule has 1 saturated carbocycles. The van der Waals surface area contributed by atoms with Gasteiger partial charge in [-0.15, -0.1) is 0 Å². The predicted molar refractivity (Wildman–Crippen MR) is 88.6 cm³/mol. The summed E-state index contributed by atoms with van der Waals surface area (Å²) in [5, 5.41) is 3.58. The van der Waals surface area contributed by atoms with Gasteiger partial charge in [0.2, 0.25) is 0 Å². The van der Waals surface area contributed by atoms with Gasteiger partial charge in [-0.25, -0.2) is 0 Å². The molecular formula is C19H25N. The molecule has 0 aliphatic heterocycles. The molecule has 0 spiro atoms. The lowest BCUT2D eigenvalue weighted by atomic mass is 9.72. The number of benzene rings is 1. The van der Waals surface area contributed by atoms with E-state index in [0.29, 0.717) is 0 Å². The molecule has 0 radical (unpaired) electrons. The van der Waals surface area contributed by atoms with Crippen molar-refractivity contribution in [2.75, 3.05) is 0 Å². The summed E-state index contributed by atoms with van der Waals surface area (Å²) in [6.07, 6.45) is 7.65. The van der Waals surface area contributed by atoms with Gasteiger partial charge in [0.25, 0.3) is 0 Å². The van der Waals surface area contributed by atoms with Gasteiger partial charge in [-0.05, 0) is 62.3 Å². The molecule has 1 aliphatic carbocycles. The van der Waals surface area contributed by atoms with E-state index >= 15 is 0 Å². The Morgan fingerprint density at radius 2 is 1.95 bits per heavy atom. The van der Waals surface area contributed by atoms with Gasteiger partial charge in [0.05, 0.1) is 5.54 Å². The molecule has 0 aromatic heterocycles. The molecule has 0 unspecified atom stereocenters. The van der Waals surface area contributed by atoms with Crippen molar-refractivity contribution < 1.29 is 0 Å². The fraction of sp³-hybridized carbons (Fsp3) is 0.368. The lowest BCUT2D eigenvalue weighted by Crippen LogP contribution is -2.49. The maximum Gasteiger partial charge on any atom is 0.0574 e. The molecule has 1 aromatic rings. The maximum atomic E-state index is 4.13. The fourth-order valence-corrected chi connectivity index (χ4v) is 2.62. The van der Waals surface area contributed by atoms with Gasteiger partial charge < -0.3 is 5.32 Å². The molecule has 1 aromatic carbocycles. The first-order valence-corrected chi connectivity index (χ1v) is 7.32. The first-order chi connectivity index (χ1) is 9.48. The molecule has 20 heavy (non-hydrogen) atoms. The first-order valence-electron chi connectivity index (χ1n) is 7.32. The number of aryl methyl sites for hydroxylation is 2. The second-order valence-corrected chi connectivity index (χ2v) is 5.96. The summed E-state index contributed by atoms with van der Waals surface area (Å²) in [4.78, 5) is 0. The molecule has 1 heteroatoms. The highest BCUT2D eigenvalue weighted by Crippen LogP contribution is 2.37. The number of nitrogens with one attached hydrogen (secondary N) is 1. The summed E-state index contributed by atoms with van der Waals surface area (Å²) in [6, 6.07) is 6.55. The summed E-state index contributed by atoms with van der Waals surface area (Å²) in [7, 11) is 0. The third kappa shape index (κ3) is 2.72. The van der Waals surface area contributed by atoms with E-state index in [1.807, 2.05) is 6.08 Å². The van der Waals surface area contributed by atoms with Crippen molar-refractivity contribution in [1.29, 1.82) is 0 Å². The van der Waals surface area contributed by atoms with E-state index in [-0.39, 0.29) is 5.54 Å². The molecule has 1 aliphatic rings. The Balaban J connectivity index is 2.23. The van der Waals surface area contributed by atoms with Crippen LogP contribution in [0.3, 0.4) is 0 Å². The van der Waals surface area contributed by atoms with Gasteiger partial charge >= 0.3 is 0 Å². The quantitative estimate of drug-likeness (QED) is 0.590. The zero-order valence-corrected chi connectivity index (χ0v) is 12.9. The van der Waals surface area contributed by atoms with Crippen molar-refractivity contribution in [3.63, 3.8) is 0 Å². The zero-order chi connectivity index (χ0) is 14.8. The number of allylic oxidation sites excluding steroid dienone is 2. The van der Waals surface area contributed by atoms with E-state index < -0.39 is 0 Å². The van der Waals surface area contributed by atoms with Gasteiger partial charge in [-0.2, -0.15) is 0 Å². The molecule has 0 atom stereocenters. The second kappa shape index (κ2) is 5.70. The molecule has 106 valence electrons. The van der Waals surface area contributed by atoms with Crippen molar-refractivity contribution in [2.45, 2.75) is 45.6 Å². The Bertz CT molecular complexity index is 559. The first kappa shape index (κ1) is 14.6. The molecule has 0 amide bonds. The monoisotopic (exact) mass is 267 g/mol. The van der Waals surface area contributed by atoms with Crippen LogP contribution < -0.4 is 5.32 Å². The van der Waals surface area contributed by atoms with Crippen LogP contribution in [0.4, 0.5) is 0 Å². The highest BCUT2D eigenvalue weighted by Gasteiger charge is 2.36. The van der Waals surface area contributed by atoms with Crippen molar-refractivity contribution in [2.24, 2.45) is 0 Å². The van der Waals surface area contributed by atoms with Gasteiger partial charge in [-0.1, -0.05) is 43.0 Å². The molecule has 0 heterocycles. The SMILES string of the molecule is C=C/C(=C\NC1(C(=C)C)CCC1)c1ccc(C)c(C)c1. The minimum atomic E-state index is 0.105. The van der Waals surface area contributed by atoms with Crippen LogP contribution in [0.25, 0.3) is 5.57 Å². The number of hydrogen-bond acceptors (Lipinski definition) is 1. The molecule has 1 fully saturated rings. The van der Waals surface area contributed by atoms with Crippen LogP contribution in [0.5, 0.6) is 0 Å². The Labute approximate surface area is 123 Å². The smallest absolute Gasteiger partial charge is 0.0574 e. The number of hydrogen-bond donors (Lipinski definition) is 1. The van der Waals surface area contributed by atoms with E-state index in [0.717, 1.165) is 5.57 Å². The van der Waals surface area contributed by atoms with E-state index in [1.165, 1.54) is 41.5 Å². The van der Waals surface area contributed by atoms with Gasteiger partial charge in [0.15, 0.2) is 0 Å². The number of rotatable bonds is 5. The van der Waals surface area contributed by atoms with Gasteiger partial charge in [-0.3, -0.25) is 0 Å². The molecule has 1 nitrogen and oxygen atoms in total. The Hall–Kier alpha value is -1.76. The van der Waals surface area contributed by atoms with E-state index in [4.69, 9.17) is 0 Å². The van der Waals surface area contributed by atoms with Crippen LogP contribution in [0.2, 0.25) is 0 Å². The lowest BCUT2D eigenvalue weighted by molar-refractivity contribution is 0.257. The summed E-state index contributed by atoms with van der Waals surface area (Å²) in [5.74, 6) is 0. The molecule has 0 bridgehead atoms. The average molecular weight is 267 g/mol. The Morgan fingerprint density at radius 3 is 2.40 bits per heavy atom. The van der Waals surface area contributed by atoms with E-state index in [9.17, 15) is 0 Å². The van der Waals surface area contributed by atoms with Crippen molar-refractivity contribution >= 4 is 5.57 Å². The van der Waals surface area contributed by atoms with Gasteiger partial charge in [0, 0.05) is 6.20 Å².